The van der Waals surface area contributed by atoms with Crippen molar-refractivity contribution in [2.24, 2.45) is 0 Å². The molecule has 0 aliphatic carbocycles. The van der Waals surface area contributed by atoms with Crippen LogP contribution in [0.5, 0.6) is 0 Å². The zero-order valence-corrected chi connectivity index (χ0v) is 43.3. The first-order valence-electron chi connectivity index (χ1n) is 21.3. The van der Waals surface area contributed by atoms with E-state index in [1.54, 1.807) is 0 Å². The molecular weight excluding hydrogens is 1330 g/mol. The lowest BCUT2D eigenvalue weighted by atomic mass is 9.96. The Bertz CT molecular complexity index is 1500. The maximum atomic E-state index is 10.6. The van der Waals surface area contributed by atoms with E-state index in [0.717, 1.165) is 0 Å². The Morgan fingerprint density at radius 2 is 0.535 bits per heavy atom. The van der Waals surface area contributed by atoms with E-state index in [1.165, 1.54) is 0 Å². The summed E-state index contributed by atoms with van der Waals surface area (Å²) in [5, 5.41) is 217. The Morgan fingerprint density at radius 3 is 0.944 bits per heavy atom. The van der Waals surface area contributed by atoms with Crippen LogP contribution < -0.4 is 0 Å². The molecule has 71 heavy (non-hydrogen) atoms. The lowest BCUT2D eigenvalue weighted by Gasteiger charge is -2.47. The SMILES string of the molecule is I.II.OCC1O[C@@H](OCC2O[C@@H](OCC3O[C@@H](O)C(O)[C@@H](O)[C@@H]3O)C(O)[C@@H](O)[C@@H]2O)C(O)[C@@H](O)[C@@H]1O.OCC1O[C@@H](O[C@H]2C(O)C(O)[C@H](O[C@@H]3C(CO)O[C@@H](O)C(O)[C@H]3O)O[C@H]2CO)C(O)[C@@H](O)[C@@H]1O. The Kier molecular flexibility index (Phi) is 28.3. The fraction of sp³-hybridized carbons (Fsp3) is 1.00. The smallest absolute Gasteiger partial charge is 0.187 e. The lowest BCUT2D eigenvalue weighted by Crippen LogP contribution is -2.66. The van der Waals surface area contributed by atoms with Crippen molar-refractivity contribution in [3.8, 4) is 0 Å². The molecule has 0 spiro atoms. The lowest BCUT2D eigenvalue weighted by molar-refractivity contribution is -0.377. The van der Waals surface area contributed by atoms with Crippen LogP contribution in [0.2, 0.25) is 0 Å². The molecule has 0 bridgehead atoms. The van der Waals surface area contributed by atoms with Crippen LogP contribution in [-0.2, 0) is 47.4 Å². The third-order valence-electron chi connectivity index (χ3n) is 12.1. The van der Waals surface area contributed by atoms with Crippen molar-refractivity contribution >= 4 is 61.2 Å². The van der Waals surface area contributed by atoms with Crippen molar-refractivity contribution in [1.82, 2.24) is 0 Å². The van der Waals surface area contributed by atoms with Crippen LogP contribution in [0.15, 0.2) is 0 Å². The van der Waals surface area contributed by atoms with Gasteiger partial charge in [-0.15, -0.1) is 24.0 Å². The molecule has 35 heteroatoms. The van der Waals surface area contributed by atoms with Crippen molar-refractivity contribution in [2.75, 3.05) is 39.6 Å². The molecule has 6 aliphatic heterocycles. The highest BCUT2D eigenvalue weighted by molar-refractivity contribution is 15.0. The van der Waals surface area contributed by atoms with Gasteiger partial charge in [-0.25, -0.2) is 0 Å². The first-order valence-corrected chi connectivity index (χ1v) is 27.6. The maximum Gasteiger partial charge on any atom is 0.187 e. The number of hydrogen-bond acceptors (Lipinski definition) is 32. The van der Waals surface area contributed by atoms with Gasteiger partial charge in [0.05, 0.1) is 39.6 Å². The summed E-state index contributed by atoms with van der Waals surface area (Å²) in [7, 11) is 0. The molecule has 0 aromatic rings. The Hall–Kier alpha value is 0.910. The second-order valence-corrected chi connectivity index (χ2v) is 16.7. The highest BCUT2D eigenvalue weighted by Crippen LogP contribution is 2.33. The molecule has 0 aromatic heterocycles. The van der Waals surface area contributed by atoms with Crippen LogP contribution in [0.25, 0.3) is 0 Å². The second kappa shape index (κ2) is 30.3. The zero-order valence-electron chi connectivity index (χ0n) is 36.6. The minimum absolute atomic E-state index is 0. The predicted molar refractivity (Wildman–Crippen MR) is 246 cm³/mol. The summed E-state index contributed by atoms with van der Waals surface area (Å²) in [6.07, 6.45) is -49.6. The molecule has 0 amide bonds. The van der Waals surface area contributed by atoms with E-state index in [-0.39, 0.29) is 24.0 Å². The van der Waals surface area contributed by atoms with Gasteiger partial charge in [0.1, 0.15) is 146 Å². The third kappa shape index (κ3) is 15.6. The van der Waals surface area contributed by atoms with Crippen LogP contribution in [0.4, 0.5) is 0 Å². The van der Waals surface area contributed by atoms with Crippen molar-refractivity contribution < 1.29 is 160 Å². The summed E-state index contributed by atoms with van der Waals surface area (Å²) in [6, 6.07) is 0. The van der Waals surface area contributed by atoms with Crippen molar-refractivity contribution in [1.29, 1.82) is 0 Å². The molecule has 6 fully saturated rings. The number of rotatable bonds is 14. The topological polar surface area (TPSA) is 537 Å². The first-order chi connectivity index (χ1) is 33.0. The largest absolute Gasteiger partial charge is 0.394 e. The van der Waals surface area contributed by atoms with Crippen molar-refractivity contribution in [3.63, 3.8) is 0 Å². The van der Waals surface area contributed by atoms with Gasteiger partial charge in [-0.3, -0.25) is 0 Å². The molecule has 32 nitrogen and oxygen atoms in total. The molecule has 422 valence electrons. The van der Waals surface area contributed by atoms with Crippen LogP contribution in [-0.4, -0.2) is 336 Å². The summed E-state index contributed by atoms with van der Waals surface area (Å²) >= 11 is 4.24. The average molecular weight is 1390 g/mol. The van der Waals surface area contributed by atoms with E-state index in [1.807, 2.05) is 0 Å². The molecule has 6 rings (SSSR count). The molecule has 6 saturated heterocycles. The Balaban J connectivity index is 0.000000358. The van der Waals surface area contributed by atoms with Crippen LogP contribution in [0.1, 0.15) is 0 Å². The van der Waals surface area contributed by atoms with E-state index in [9.17, 15) is 112 Å². The van der Waals surface area contributed by atoms with Gasteiger partial charge < -0.3 is 160 Å². The second-order valence-electron chi connectivity index (χ2n) is 16.7. The summed E-state index contributed by atoms with van der Waals surface area (Å²) in [5.74, 6) is 0. The molecule has 0 saturated carbocycles. The normalized spacial score (nSPS) is 50.4. The summed E-state index contributed by atoms with van der Waals surface area (Å²) in [6.45, 7) is -4.16. The highest BCUT2D eigenvalue weighted by Gasteiger charge is 2.54. The van der Waals surface area contributed by atoms with Crippen LogP contribution >= 0.6 is 61.2 Å². The Labute approximate surface area is 442 Å². The fourth-order valence-electron chi connectivity index (χ4n) is 7.90. The van der Waals surface area contributed by atoms with E-state index in [0.29, 0.717) is 0 Å². The standard InChI is InChI=1S/2C18H32O16.I2.HI/c19-1-4-7(22)8(23)12(27)17(31-4)34-15-6(3-21)32-18(13(28)10(15)25)33-14-5(2-20)30-16(29)11(26)9(14)24;19-1-4-7(20)11(24)14(27)17(33-4)31-3-6-9(22)12(25)15(28)18(34-6)30-2-5-8(21)10(23)13(26)16(29)32-5;1-2;/h2*4-29H,1-3H2;;1H/t4?,5?,6-,7+,8-,9+,10?,11?,12?,13?,14+,15+,16+,17-,18-;4?,5?,6?,7-,8-,9-,10+,11+,12+,13?,14?,15?,16-,17-,18-;;/m01../s1. The number of aliphatic hydroxyl groups is 22. The molecule has 22 N–H and O–H groups in total. The molecule has 6 heterocycles. The van der Waals surface area contributed by atoms with E-state index in [4.69, 9.17) is 47.4 Å². The molecule has 30 atom stereocenters. The number of hydrogen-bond donors (Lipinski definition) is 22. The predicted octanol–water partition coefficient (Wildman–Crippen LogP) is -12.8. The number of halogens is 3. The van der Waals surface area contributed by atoms with Gasteiger partial charge >= 0.3 is 0 Å². The van der Waals surface area contributed by atoms with E-state index < -0.39 is 224 Å². The van der Waals surface area contributed by atoms with Crippen molar-refractivity contribution in [2.45, 2.75) is 184 Å². The monoisotopic (exact) mass is 1390 g/mol. The van der Waals surface area contributed by atoms with Crippen molar-refractivity contribution in [3.05, 3.63) is 0 Å². The highest BCUT2D eigenvalue weighted by atomic mass is 128. The van der Waals surface area contributed by atoms with E-state index >= 15 is 0 Å². The van der Waals surface area contributed by atoms with Gasteiger partial charge in [0.25, 0.3) is 0 Å². The first kappa shape index (κ1) is 66.2. The van der Waals surface area contributed by atoms with Crippen LogP contribution in [0, 0.1) is 0 Å². The number of ether oxygens (including phenoxy) is 10. The fourth-order valence-corrected chi connectivity index (χ4v) is 7.90. The average Bonchev–Trinajstić information content (AvgIpc) is 3.36. The zero-order chi connectivity index (χ0) is 52.6. The van der Waals surface area contributed by atoms with Gasteiger partial charge in [-0.2, -0.15) is 0 Å². The van der Waals surface area contributed by atoms with Gasteiger partial charge in [0, 0.05) is 37.2 Å². The minimum atomic E-state index is -1.91. The number of aliphatic hydroxyl groups excluding tert-OH is 22. The van der Waals surface area contributed by atoms with Gasteiger partial charge in [0.2, 0.25) is 0 Å². The third-order valence-corrected chi connectivity index (χ3v) is 12.1. The summed E-state index contributed by atoms with van der Waals surface area (Å²) in [4.78, 5) is 0. The van der Waals surface area contributed by atoms with Gasteiger partial charge in [0.15, 0.2) is 37.7 Å². The molecule has 6 aliphatic rings. The molecule has 0 radical (unpaired) electrons. The van der Waals surface area contributed by atoms with Gasteiger partial charge in [-0.05, 0) is 0 Å². The molecular formula is C36H65I3O32. The Morgan fingerprint density at radius 1 is 0.282 bits per heavy atom. The summed E-state index contributed by atoms with van der Waals surface area (Å²) < 4.78 is 52.5. The molecule has 12 unspecified atom stereocenters. The van der Waals surface area contributed by atoms with Gasteiger partial charge in [-0.1, -0.05) is 0 Å². The van der Waals surface area contributed by atoms with Crippen LogP contribution in [0.3, 0.4) is 0 Å². The molecule has 0 aromatic carbocycles. The minimum Gasteiger partial charge on any atom is -0.394 e. The van der Waals surface area contributed by atoms with E-state index in [2.05, 4.69) is 37.2 Å². The maximum absolute atomic E-state index is 10.6. The quantitative estimate of drug-likeness (QED) is 0.0718. The summed E-state index contributed by atoms with van der Waals surface area (Å²) in [5.41, 5.74) is 0.